The van der Waals surface area contributed by atoms with Gasteiger partial charge in [-0.1, -0.05) is 52.0 Å². The third kappa shape index (κ3) is 1.31. The molecule has 0 saturated carbocycles. The normalized spacial score (nSPS) is 18.0. The maximum absolute atomic E-state index is 3.20. The highest BCUT2D eigenvalue weighted by Gasteiger charge is 2.36. The summed E-state index contributed by atoms with van der Waals surface area (Å²) in [5, 5.41) is 0. The first-order valence-corrected chi connectivity index (χ1v) is 5.98. The molecule has 82 valence electrons. The van der Waals surface area contributed by atoms with E-state index in [0.29, 0.717) is 0 Å². The second kappa shape index (κ2) is 3.81. The number of benzene rings is 1. The Morgan fingerprint density at radius 3 is 2.44 bits per heavy atom. The molecule has 0 radical (unpaired) electrons. The highest BCUT2D eigenvalue weighted by molar-refractivity contribution is 5.89. The van der Waals surface area contributed by atoms with Crippen LogP contribution in [0, 0.1) is 0 Å². The van der Waals surface area contributed by atoms with Gasteiger partial charge in [-0.25, -0.2) is 0 Å². The minimum atomic E-state index is 0.159. The van der Waals surface area contributed by atoms with Gasteiger partial charge in [0.15, 0.2) is 0 Å². The van der Waals surface area contributed by atoms with E-state index in [1.54, 1.807) is 0 Å². The molecule has 0 heterocycles. The summed E-state index contributed by atoms with van der Waals surface area (Å²) in [5.74, 6) is 0. The highest BCUT2D eigenvalue weighted by Crippen LogP contribution is 2.48. The summed E-state index contributed by atoms with van der Waals surface area (Å²) in [6, 6.07) is 8.67. The highest BCUT2D eigenvalue weighted by atomic mass is 14.4. The molecule has 0 aromatic heterocycles. The zero-order chi connectivity index (χ0) is 11.8. The van der Waals surface area contributed by atoms with Crippen LogP contribution in [0.15, 0.2) is 47.7 Å². The molecule has 0 nitrogen and oxygen atoms in total. The maximum atomic E-state index is 3.20. The van der Waals surface area contributed by atoms with E-state index in [-0.39, 0.29) is 5.41 Å². The zero-order valence-electron chi connectivity index (χ0n) is 10.5. The van der Waals surface area contributed by atoms with Crippen molar-refractivity contribution in [1.82, 2.24) is 0 Å². The lowest BCUT2D eigenvalue weighted by Gasteiger charge is -2.21. The van der Waals surface area contributed by atoms with Crippen LogP contribution in [0.1, 0.15) is 38.8 Å². The smallest absolute Gasteiger partial charge is 0.0165 e. The van der Waals surface area contributed by atoms with Crippen molar-refractivity contribution in [2.45, 2.75) is 33.1 Å². The molecule has 0 spiro atoms. The molecule has 3 rings (SSSR count). The van der Waals surface area contributed by atoms with Crippen LogP contribution in [0.25, 0.3) is 5.57 Å². The monoisotopic (exact) mass is 210 g/mol. The van der Waals surface area contributed by atoms with E-state index in [0.717, 1.165) is 0 Å². The van der Waals surface area contributed by atoms with E-state index in [1.165, 1.54) is 22.3 Å². The second-order valence-corrected chi connectivity index (χ2v) is 4.45. The van der Waals surface area contributed by atoms with Gasteiger partial charge in [-0.05, 0) is 34.4 Å². The van der Waals surface area contributed by atoms with Gasteiger partial charge in [0, 0.05) is 5.41 Å². The van der Waals surface area contributed by atoms with Crippen molar-refractivity contribution in [2.24, 2.45) is 0 Å². The average Bonchev–Trinajstić information content (AvgIpc) is 2.87. The van der Waals surface area contributed by atoms with E-state index >= 15 is 0 Å². The van der Waals surface area contributed by atoms with Crippen LogP contribution in [-0.2, 0) is 5.41 Å². The van der Waals surface area contributed by atoms with Gasteiger partial charge in [-0.15, -0.1) is 5.73 Å². The van der Waals surface area contributed by atoms with Gasteiger partial charge in [-0.2, -0.15) is 0 Å². The molecular formula is C16H18. The predicted molar refractivity (Wildman–Crippen MR) is 70.4 cm³/mol. The summed E-state index contributed by atoms with van der Waals surface area (Å²) in [6.45, 7) is 8.57. The van der Waals surface area contributed by atoms with Gasteiger partial charge in [0.2, 0.25) is 0 Å². The van der Waals surface area contributed by atoms with Crippen molar-refractivity contribution in [3.8, 4) is 0 Å². The number of hydrogen-bond donors (Lipinski definition) is 0. The molecule has 0 N–H and O–H groups in total. The molecular weight excluding hydrogens is 192 g/mol. The van der Waals surface area contributed by atoms with E-state index in [9.17, 15) is 0 Å². The van der Waals surface area contributed by atoms with Gasteiger partial charge in [0.05, 0.1) is 0 Å². The molecule has 0 fully saturated rings. The van der Waals surface area contributed by atoms with Gasteiger partial charge in [0.1, 0.15) is 0 Å². The molecule has 0 unspecified atom stereocenters. The largest absolute Gasteiger partial charge is 0.120 e. The van der Waals surface area contributed by atoms with Crippen molar-refractivity contribution in [3.63, 3.8) is 0 Å². The molecule has 16 heavy (non-hydrogen) atoms. The summed E-state index contributed by atoms with van der Waals surface area (Å²) in [6.07, 6.45) is 4.22. The molecule has 0 amide bonds. The molecule has 0 bridgehead atoms. The Balaban J connectivity index is 0.000000457. The third-order valence-corrected chi connectivity index (χ3v) is 3.31. The molecule has 1 aromatic rings. The van der Waals surface area contributed by atoms with Gasteiger partial charge >= 0.3 is 0 Å². The molecule has 0 aliphatic heterocycles. The third-order valence-electron chi connectivity index (χ3n) is 3.31. The van der Waals surface area contributed by atoms with Crippen LogP contribution >= 0.6 is 0 Å². The quantitative estimate of drug-likeness (QED) is 0.554. The van der Waals surface area contributed by atoms with E-state index < -0.39 is 0 Å². The summed E-state index contributed by atoms with van der Waals surface area (Å²) in [7, 11) is 0. The van der Waals surface area contributed by atoms with Gasteiger partial charge in [-0.3, -0.25) is 0 Å². The Bertz CT molecular complexity index is 507. The van der Waals surface area contributed by atoms with E-state index in [2.05, 4.69) is 56.0 Å². The SMILES string of the molecule is CC.CC1(C)C2=C(C=C=C2)c2ccccc21. The molecule has 1 aromatic carbocycles. The van der Waals surface area contributed by atoms with Crippen LogP contribution < -0.4 is 0 Å². The number of fused-ring (bicyclic) bond motifs is 2. The topological polar surface area (TPSA) is 0 Å². The summed E-state index contributed by atoms with van der Waals surface area (Å²) < 4.78 is 0. The predicted octanol–water partition coefficient (Wildman–Crippen LogP) is 4.48. The standard InChI is InChI=1S/C14H12.C2H6/c1-14(2)12-8-4-3-6-10(12)11-7-5-9-13(11)14;1-2/h3-4,6-9H,1-2H3;1-2H3. The first kappa shape index (κ1) is 11.0. The van der Waals surface area contributed by atoms with E-state index in [1.807, 2.05) is 13.8 Å². The zero-order valence-corrected chi connectivity index (χ0v) is 10.5. The fourth-order valence-electron chi connectivity index (χ4n) is 2.51. The first-order valence-electron chi connectivity index (χ1n) is 5.98. The molecule has 2 aliphatic rings. The molecule has 0 heteroatoms. The summed E-state index contributed by atoms with van der Waals surface area (Å²) in [4.78, 5) is 0. The minimum Gasteiger partial charge on any atom is -0.120 e. The summed E-state index contributed by atoms with van der Waals surface area (Å²) in [5.41, 5.74) is 8.96. The first-order chi connectivity index (χ1) is 7.71. The van der Waals surface area contributed by atoms with Crippen molar-refractivity contribution >= 4 is 5.57 Å². The Labute approximate surface area is 98.0 Å². The lowest BCUT2D eigenvalue weighted by atomic mass is 9.81. The maximum Gasteiger partial charge on any atom is 0.0165 e. The number of hydrogen-bond acceptors (Lipinski definition) is 0. The Morgan fingerprint density at radius 1 is 1.00 bits per heavy atom. The second-order valence-electron chi connectivity index (χ2n) is 4.45. The fourth-order valence-corrected chi connectivity index (χ4v) is 2.51. The summed E-state index contributed by atoms with van der Waals surface area (Å²) >= 11 is 0. The van der Waals surface area contributed by atoms with Crippen LogP contribution in [-0.4, -0.2) is 0 Å². The number of rotatable bonds is 0. The minimum absolute atomic E-state index is 0.159. The molecule has 0 saturated heterocycles. The van der Waals surface area contributed by atoms with Crippen LogP contribution in [0.2, 0.25) is 0 Å². The van der Waals surface area contributed by atoms with Crippen molar-refractivity contribution < 1.29 is 0 Å². The van der Waals surface area contributed by atoms with Crippen molar-refractivity contribution in [2.75, 3.05) is 0 Å². The van der Waals surface area contributed by atoms with Gasteiger partial charge < -0.3 is 0 Å². The van der Waals surface area contributed by atoms with Gasteiger partial charge in [0.25, 0.3) is 0 Å². The Hall–Kier alpha value is -1.52. The molecule has 0 atom stereocenters. The van der Waals surface area contributed by atoms with E-state index in [4.69, 9.17) is 0 Å². The average molecular weight is 210 g/mol. The lowest BCUT2D eigenvalue weighted by Crippen LogP contribution is -2.15. The lowest BCUT2D eigenvalue weighted by molar-refractivity contribution is 0.655. The molecule has 2 aliphatic carbocycles. The van der Waals surface area contributed by atoms with Crippen molar-refractivity contribution in [1.29, 1.82) is 0 Å². The Kier molecular flexibility index (Phi) is 2.61. The van der Waals surface area contributed by atoms with Crippen LogP contribution in [0.5, 0.6) is 0 Å². The van der Waals surface area contributed by atoms with Crippen molar-refractivity contribution in [3.05, 3.63) is 58.8 Å². The van der Waals surface area contributed by atoms with Crippen LogP contribution in [0.4, 0.5) is 0 Å². The number of allylic oxidation sites excluding steroid dienone is 3. The Morgan fingerprint density at radius 2 is 1.69 bits per heavy atom. The fraction of sp³-hybridized carbons (Fsp3) is 0.312. The van der Waals surface area contributed by atoms with Crippen LogP contribution in [0.3, 0.4) is 0 Å².